The molecule has 2 rings (SSSR count). The quantitative estimate of drug-likeness (QED) is 0.719. The molecule has 72 valence electrons. The molecule has 0 aliphatic heterocycles. The second-order valence-corrected chi connectivity index (χ2v) is 4.14. The molecule has 0 aliphatic rings. The number of hydrogen-bond donors (Lipinski definition) is 0. The predicted octanol–water partition coefficient (Wildman–Crippen LogP) is 1.91. The smallest absolute Gasteiger partial charge is 0.187 e. The monoisotopic (exact) mass is 206 g/mol. The SMILES string of the molecule is Cn1cnc(C(=O)Cc2cccs2)c1. The van der Waals surface area contributed by atoms with E-state index < -0.39 is 0 Å². The van der Waals surface area contributed by atoms with Gasteiger partial charge in [0.15, 0.2) is 5.78 Å². The van der Waals surface area contributed by atoms with Crippen LogP contribution < -0.4 is 0 Å². The zero-order valence-corrected chi connectivity index (χ0v) is 8.62. The van der Waals surface area contributed by atoms with Crippen LogP contribution in [-0.2, 0) is 13.5 Å². The molecule has 2 aromatic rings. The third kappa shape index (κ3) is 1.90. The molecule has 4 heteroatoms. The van der Waals surface area contributed by atoms with Crippen molar-refractivity contribution in [2.45, 2.75) is 6.42 Å². The summed E-state index contributed by atoms with van der Waals surface area (Å²) in [5.41, 5.74) is 0.543. The Kier molecular flexibility index (Phi) is 2.45. The van der Waals surface area contributed by atoms with Gasteiger partial charge in [0.05, 0.1) is 6.33 Å². The summed E-state index contributed by atoms with van der Waals surface area (Å²) < 4.78 is 1.78. The first-order valence-corrected chi connectivity index (χ1v) is 5.17. The van der Waals surface area contributed by atoms with Gasteiger partial charge in [0.2, 0.25) is 0 Å². The van der Waals surface area contributed by atoms with Crippen LogP contribution in [0.25, 0.3) is 0 Å². The van der Waals surface area contributed by atoms with Crippen molar-refractivity contribution in [1.82, 2.24) is 9.55 Å². The van der Waals surface area contributed by atoms with Crippen molar-refractivity contribution in [2.24, 2.45) is 7.05 Å². The zero-order valence-electron chi connectivity index (χ0n) is 7.80. The van der Waals surface area contributed by atoms with E-state index in [0.717, 1.165) is 4.88 Å². The van der Waals surface area contributed by atoms with Crippen molar-refractivity contribution in [3.63, 3.8) is 0 Å². The van der Waals surface area contributed by atoms with Gasteiger partial charge in [-0.1, -0.05) is 6.07 Å². The van der Waals surface area contributed by atoms with Gasteiger partial charge in [-0.2, -0.15) is 0 Å². The first-order chi connectivity index (χ1) is 6.75. The Morgan fingerprint density at radius 1 is 1.64 bits per heavy atom. The molecule has 0 aliphatic carbocycles. The number of aryl methyl sites for hydroxylation is 1. The minimum atomic E-state index is 0.0769. The van der Waals surface area contributed by atoms with Gasteiger partial charge < -0.3 is 4.57 Å². The molecule has 0 spiro atoms. The van der Waals surface area contributed by atoms with Gasteiger partial charge in [0, 0.05) is 24.5 Å². The van der Waals surface area contributed by atoms with E-state index in [1.54, 1.807) is 28.4 Å². The van der Waals surface area contributed by atoms with Gasteiger partial charge in [-0.15, -0.1) is 11.3 Å². The van der Waals surface area contributed by atoms with Crippen LogP contribution in [0.1, 0.15) is 15.4 Å². The van der Waals surface area contributed by atoms with Crippen molar-refractivity contribution >= 4 is 17.1 Å². The number of carbonyl (C=O) groups excluding carboxylic acids is 1. The molecular formula is C10H10N2OS. The molecule has 0 bridgehead atoms. The molecule has 0 saturated heterocycles. The summed E-state index contributed by atoms with van der Waals surface area (Å²) >= 11 is 1.60. The molecule has 0 amide bonds. The summed E-state index contributed by atoms with van der Waals surface area (Å²) in [6.45, 7) is 0. The molecule has 0 N–H and O–H groups in total. The van der Waals surface area contributed by atoms with Crippen molar-refractivity contribution in [3.8, 4) is 0 Å². The van der Waals surface area contributed by atoms with E-state index in [2.05, 4.69) is 4.98 Å². The number of imidazole rings is 1. The van der Waals surface area contributed by atoms with E-state index in [1.165, 1.54) is 0 Å². The lowest BCUT2D eigenvalue weighted by Crippen LogP contribution is -2.02. The summed E-state index contributed by atoms with van der Waals surface area (Å²) in [5.74, 6) is 0.0769. The topological polar surface area (TPSA) is 34.9 Å². The molecule has 14 heavy (non-hydrogen) atoms. The van der Waals surface area contributed by atoms with E-state index in [1.807, 2.05) is 24.6 Å². The fraction of sp³-hybridized carbons (Fsp3) is 0.200. The average molecular weight is 206 g/mol. The first kappa shape index (κ1) is 9.15. The number of carbonyl (C=O) groups is 1. The fourth-order valence-corrected chi connectivity index (χ4v) is 1.92. The zero-order chi connectivity index (χ0) is 9.97. The van der Waals surface area contributed by atoms with Crippen LogP contribution in [0.2, 0.25) is 0 Å². The molecule has 0 saturated carbocycles. The van der Waals surface area contributed by atoms with E-state index >= 15 is 0 Å². The molecule has 0 unspecified atom stereocenters. The Morgan fingerprint density at radius 2 is 2.50 bits per heavy atom. The van der Waals surface area contributed by atoms with Crippen LogP contribution in [0, 0.1) is 0 Å². The number of nitrogens with zero attached hydrogens (tertiary/aromatic N) is 2. The largest absolute Gasteiger partial charge is 0.340 e. The Labute approximate surface area is 86.0 Å². The highest BCUT2D eigenvalue weighted by atomic mass is 32.1. The summed E-state index contributed by atoms with van der Waals surface area (Å²) in [7, 11) is 1.86. The van der Waals surface area contributed by atoms with Gasteiger partial charge in [0.1, 0.15) is 5.69 Å². The number of thiophene rings is 1. The second-order valence-electron chi connectivity index (χ2n) is 3.10. The molecule has 0 aromatic carbocycles. The third-order valence-electron chi connectivity index (χ3n) is 1.91. The minimum Gasteiger partial charge on any atom is -0.340 e. The Morgan fingerprint density at radius 3 is 3.07 bits per heavy atom. The van der Waals surface area contributed by atoms with Crippen LogP contribution >= 0.6 is 11.3 Å². The molecule has 3 nitrogen and oxygen atoms in total. The maximum Gasteiger partial charge on any atom is 0.187 e. The Balaban J connectivity index is 2.10. The van der Waals surface area contributed by atoms with Gasteiger partial charge >= 0.3 is 0 Å². The maximum atomic E-state index is 11.7. The number of aromatic nitrogens is 2. The number of hydrogen-bond acceptors (Lipinski definition) is 3. The highest BCUT2D eigenvalue weighted by molar-refractivity contribution is 7.10. The van der Waals surface area contributed by atoms with Crippen LogP contribution in [0.5, 0.6) is 0 Å². The van der Waals surface area contributed by atoms with E-state index in [-0.39, 0.29) is 5.78 Å². The van der Waals surface area contributed by atoms with E-state index in [9.17, 15) is 4.79 Å². The summed E-state index contributed by atoms with van der Waals surface area (Å²) in [6, 6.07) is 3.91. The standard InChI is InChI=1S/C10H10N2OS/c1-12-6-9(11-7-12)10(13)5-8-3-2-4-14-8/h2-4,6-7H,5H2,1H3. The van der Waals surface area contributed by atoms with Crippen molar-refractivity contribution in [3.05, 3.63) is 40.6 Å². The van der Waals surface area contributed by atoms with Crippen molar-refractivity contribution in [2.75, 3.05) is 0 Å². The third-order valence-corrected chi connectivity index (χ3v) is 2.78. The van der Waals surface area contributed by atoms with Crippen LogP contribution in [-0.4, -0.2) is 15.3 Å². The van der Waals surface area contributed by atoms with Gasteiger partial charge in [-0.3, -0.25) is 4.79 Å². The van der Waals surface area contributed by atoms with Gasteiger partial charge in [-0.25, -0.2) is 4.98 Å². The molecule has 2 heterocycles. The van der Waals surface area contributed by atoms with Crippen LogP contribution in [0.15, 0.2) is 30.0 Å². The molecule has 0 fully saturated rings. The predicted molar refractivity (Wildman–Crippen MR) is 55.6 cm³/mol. The summed E-state index contributed by atoms with van der Waals surface area (Å²) in [5, 5.41) is 1.97. The van der Waals surface area contributed by atoms with Crippen molar-refractivity contribution in [1.29, 1.82) is 0 Å². The molecule has 2 aromatic heterocycles. The molecule has 0 radical (unpaired) electrons. The number of Topliss-reactive ketones (excluding diaryl/α,β-unsaturated/α-hetero) is 1. The summed E-state index contributed by atoms with van der Waals surface area (Å²) in [4.78, 5) is 16.8. The van der Waals surface area contributed by atoms with E-state index in [4.69, 9.17) is 0 Å². The maximum absolute atomic E-state index is 11.7. The highest BCUT2D eigenvalue weighted by Gasteiger charge is 2.09. The second kappa shape index (κ2) is 3.75. The minimum absolute atomic E-state index is 0.0769. The number of ketones is 1. The normalized spacial score (nSPS) is 10.4. The number of rotatable bonds is 3. The molecule has 0 atom stereocenters. The van der Waals surface area contributed by atoms with Gasteiger partial charge in [0.25, 0.3) is 0 Å². The lowest BCUT2D eigenvalue weighted by molar-refractivity contribution is 0.0989. The van der Waals surface area contributed by atoms with Crippen molar-refractivity contribution < 1.29 is 4.79 Å². The fourth-order valence-electron chi connectivity index (χ4n) is 1.22. The first-order valence-electron chi connectivity index (χ1n) is 4.29. The average Bonchev–Trinajstić information content (AvgIpc) is 2.75. The summed E-state index contributed by atoms with van der Waals surface area (Å²) in [6.07, 6.45) is 3.84. The van der Waals surface area contributed by atoms with Crippen LogP contribution in [0.3, 0.4) is 0 Å². The van der Waals surface area contributed by atoms with Gasteiger partial charge in [-0.05, 0) is 11.4 Å². The Hall–Kier alpha value is -1.42. The lowest BCUT2D eigenvalue weighted by Gasteiger charge is -1.92. The Bertz CT molecular complexity index is 431. The highest BCUT2D eigenvalue weighted by Crippen LogP contribution is 2.11. The van der Waals surface area contributed by atoms with E-state index in [0.29, 0.717) is 12.1 Å². The molecular weight excluding hydrogens is 196 g/mol. The van der Waals surface area contributed by atoms with Crippen LogP contribution in [0.4, 0.5) is 0 Å². The lowest BCUT2D eigenvalue weighted by atomic mass is 10.2.